The van der Waals surface area contributed by atoms with Crippen LogP contribution in [0, 0.1) is 6.92 Å². The van der Waals surface area contributed by atoms with Crippen molar-refractivity contribution in [3.05, 3.63) is 35.0 Å². The third-order valence-corrected chi connectivity index (χ3v) is 3.32. The molecule has 0 bridgehead atoms. The van der Waals surface area contributed by atoms with Crippen LogP contribution in [0.25, 0.3) is 10.9 Å². The topological polar surface area (TPSA) is 22.0 Å². The lowest BCUT2D eigenvalue weighted by atomic mass is 10.0. The number of fused-ring (bicyclic) bond motifs is 1. The van der Waals surface area contributed by atoms with E-state index in [0.29, 0.717) is 0 Å². The van der Waals surface area contributed by atoms with E-state index in [1.54, 1.807) is 6.92 Å². The number of Topliss-reactive ketones (excluding diaryl/α,β-unsaturated/α-hetero) is 1. The van der Waals surface area contributed by atoms with Crippen LogP contribution in [0.3, 0.4) is 0 Å². The first-order chi connectivity index (χ1) is 7.56. The molecule has 84 valence electrons. The molecule has 0 fully saturated rings. The van der Waals surface area contributed by atoms with Crippen molar-refractivity contribution in [2.24, 2.45) is 7.05 Å². The molecule has 2 nitrogen and oxygen atoms in total. The summed E-state index contributed by atoms with van der Waals surface area (Å²) in [5, 5.41) is 1.09. The van der Waals surface area contributed by atoms with Gasteiger partial charge in [-0.2, -0.15) is 0 Å². The Bertz CT molecular complexity index is 564. The van der Waals surface area contributed by atoms with Crippen molar-refractivity contribution >= 4 is 16.7 Å². The Hall–Kier alpha value is -1.57. The minimum atomic E-state index is 0.149. The van der Waals surface area contributed by atoms with Gasteiger partial charge in [0.05, 0.1) is 0 Å². The van der Waals surface area contributed by atoms with Crippen molar-refractivity contribution in [2.45, 2.75) is 27.2 Å². The normalized spacial score (nSPS) is 11.0. The fourth-order valence-electron chi connectivity index (χ4n) is 2.28. The largest absolute Gasteiger partial charge is 0.347 e. The second kappa shape index (κ2) is 3.78. The number of carbonyl (C=O) groups excluding carboxylic acids is 1. The van der Waals surface area contributed by atoms with Gasteiger partial charge in [0.1, 0.15) is 0 Å². The van der Waals surface area contributed by atoms with Crippen LogP contribution >= 0.6 is 0 Å². The molecular formula is C14H17NO. The lowest BCUT2D eigenvalue weighted by Gasteiger charge is -1.99. The highest BCUT2D eigenvalue weighted by Crippen LogP contribution is 2.26. The van der Waals surface area contributed by atoms with Crippen molar-refractivity contribution < 1.29 is 4.79 Å². The van der Waals surface area contributed by atoms with E-state index in [0.717, 1.165) is 28.6 Å². The minimum Gasteiger partial charge on any atom is -0.347 e. The summed E-state index contributed by atoms with van der Waals surface area (Å²) in [4.78, 5) is 11.7. The summed E-state index contributed by atoms with van der Waals surface area (Å²) in [5.41, 5.74) is 4.34. The van der Waals surface area contributed by atoms with Crippen LogP contribution in [0.15, 0.2) is 18.2 Å². The fraction of sp³-hybridized carbons (Fsp3) is 0.357. The molecule has 2 rings (SSSR count). The maximum atomic E-state index is 11.7. The molecule has 0 aliphatic heterocycles. The molecule has 1 aromatic carbocycles. The van der Waals surface area contributed by atoms with E-state index >= 15 is 0 Å². The van der Waals surface area contributed by atoms with Gasteiger partial charge in [-0.3, -0.25) is 4.79 Å². The summed E-state index contributed by atoms with van der Waals surface area (Å²) in [7, 11) is 2.01. The van der Waals surface area contributed by atoms with Crippen LogP contribution in [-0.2, 0) is 13.5 Å². The number of carbonyl (C=O) groups is 1. The zero-order chi connectivity index (χ0) is 11.9. The van der Waals surface area contributed by atoms with E-state index < -0.39 is 0 Å². The van der Waals surface area contributed by atoms with Crippen LogP contribution in [0.5, 0.6) is 0 Å². The van der Waals surface area contributed by atoms with Gasteiger partial charge in [0, 0.05) is 29.2 Å². The maximum Gasteiger partial charge on any atom is 0.162 e. The SMILES string of the molecule is CCc1ccc2c(c1)c(C(C)=O)c(C)n2C. The van der Waals surface area contributed by atoms with Gasteiger partial charge in [0.15, 0.2) is 5.78 Å². The summed E-state index contributed by atoms with van der Waals surface area (Å²) >= 11 is 0. The van der Waals surface area contributed by atoms with E-state index in [1.165, 1.54) is 5.56 Å². The van der Waals surface area contributed by atoms with Crippen LogP contribution in [-0.4, -0.2) is 10.4 Å². The molecule has 0 unspecified atom stereocenters. The van der Waals surface area contributed by atoms with Gasteiger partial charge in [0.2, 0.25) is 0 Å². The highest BCUT2D eigenvalue weighted by atomic mass is 16.1. The van der Waals surface area contributed by atoms with Gasteiger partial charge in [-0.25, -0.2) is 0 Å². The number of benzene rings is 1. The van der Waals surface area contributed by atoms with Gasteiger partial charge >= 0.3 is 0 Å². The molecule has 0 amide bonds. The predicted molar refractivity (Wildman–Crippen MR) is 67.0 cm³/mol. The van der Waals surface area contributed by atoms with Gasteiger partial charge in [-0.1, -0.05) is 13.0 Å². The fourth-order valence-corrected chi connectivity index (χ4v) is 2.28. The van der Waals surface area contributed by atoms with Crippen LogP contribution in [0.2, 0.25) is 0 Å². The smallest absolute Gasteiger partial charge is 0.162 e. The van der Waals surface area contributed by atoms with Gasteiger partial charge in [-0.15, -0.1) is 0 Å². The first-order valence-electron chi connectivity index (χ1n) is 5.65. The molecule has 0 spiro atoms. The summed E-state index contributed by atoms with van der Waals surface area (Å²) in [5.74, 6) is 0.149. The number of hydrogen-bond donors (Lipinski definition) is 0. The molecule has 0 atom stereocenters. The monoisotopic (exact) mass is 215 g/mol. The Morgan fingerprint density at radius 3 is 2.62 bits per heavy atom. The molecule has 1 aromatic heterocycles. The molecule has 0 saturated carbocycles. The number of hydrogen-bond acceptors (Lipinski definition) is 1. The van der Waals surface area contributed by atoms with Gasteiger partial charge in [-0.05, 0) is 38.0 Å². The van der Waals surface area contributed by atoms with E-state index in [4.69, 9.17) is 0 Å². The van der Waals surface area contributed by atoms with Crippen molar-refractivity contribution in [3.8, 4) is 0 Å². The van der Waals surface area contributed by atoms with Crippen LogP contribution in [0.1, 0.15) is 35.5 Å². The quantitative estimate of drug-likeness (QED) is 0.705. The highest BCUT2D eigenvalue weighted by Gasteiger charge is 2.15. The van der Waals surface area contributed by atoms with E-state index in [-0.39, 0.29) is 5.78 Å². The average Bonchev–Trinajstić information content (AvgIpc) is 2.51. The molecule has 2 heteroatoms. The third-order valence-electron chi connectivity index (χ3n) is 3.32. The van der Waals surface area contributed by atoms with Gasteiger partial charge < -0.3 is 4.57 Å². The van der Waals surface area contributed by atoms with E-state index in [9.17, 15) is 4.79 Å². The third kappa shape index (κ3) is 1.45. The van der Waals surface area contributed by atoms with E-state index in [2.05, 4.69) is 29.7 Å². The Kier molecular flexibility index (Phi) is 2.58. The standard InChI is InChI=1S/C14H17NO/c1-5-11-6-7-13-12(8-11)14(10(3)16)9(2)15(13)4/h6-8H,5H2,1-4H3. The Labute approximate surface area is 95.9 Å². The number of aryl methyl sites for hydroxylation is 2. The zero-order valence-electron chi connectivity index (χ0n) is 10.3. The Balaban J connectivity index is 2.86. The van der Waals surface area contributed by atoms with Crippen LogP contribution in [0.4, 0.5) is 0 Å². The average molecular weight is 215 g/mol. The summed E-state index contributed by atoms with van der Waals surface area (Å²) in [6, 6.07) is 6.37. The highest BCUT2D eigenvalue weighted by molar-refractivity contribution is 6.08. The molecule has 0 N–H and O–H groups in total. The van der Waals surface area contributed by atoms with Crippen molar-refractivity contribution in [3.63, 3.8) is 0 Å². The molecule has 0 aliphatic rings. The first-order valence-corrected chi connectivity index (χ1v) is 5.65. The summed E-state index contributed by atoms with van der Waals surface area (Å²) in [6.07, 6.45) is 1.00. The molecule has 0 saturated heterocycles. The predicted octanol–water partition coefficient (Wildman–Crippen LogP) is 3.25. The summed E-state index contributed by atoms with van der Waals surface area (Å²) in [6.45, 7) is 5.77. The second-order valence-corrected chi connectivity index (χ2v) is 4.28. The second-order valence-electron chi connectivity index (χ2n) is 4.28. The lowest BCUT2D eigenvalue weighted by Crippen LogP contribution is -1.96. The van der Waals surface area contributed by atoms with Gasteiger partial charge in [0.25, 0.3) is 0 Å². The number of rotatable bonds is 2. The van der Waals surface area contributed by atoms with Crippen LogP contribution < -0.4 is 0 Å². The van der Waals surface area contributed by atoms with Crippen molar-refractivity contribution in [1.82, 2.24) is 4.57 Å². The Morgan fingerprint density at radius 2 is 2.06 bits per heavy atom. The van der Waals surface area contributed by atoms with E-state index in [1.807, 2.05) is 14.0 Å². The molecular weight excluding hydrogens is 198 g/mol. The molecule has 0 radical (unpaired) electrons. The zero-order valence-corrected chi connectivity index (χ0v) is 10.3. The molecule has 1 heterocycles. The maximum absolute atomic E-state index is 11.7. The molecule has 16 heavy (non-hydrogen) atoms. The number of aromatic nitrogens is 1. The number of ketones is 1. The lowest BCUT2D eigenvalue weighted by molar-refractivity contribution is 0.101. The van der Waals surface area contributed by atoms with Crippen molar-refractivity contribution in [1.29, 1.82) is 0 Å². The van der Waals surface area contributed by atoms with Crippen molar-refractivity contribution in [2.75, 3.05) is 0 Å². The Morgan fingerprint density at radius 1 is 1.38 bits per heavy atom. The first kappa shape index (κ1) is 10.9. The molecule has 0 aliphatic carbocycles. The minimum absolute atomic E-state index is 0.149. The summed E-state index contributed by atoms with van der Waals surface area (Å²) < 4.78 is 2.09. The molecule has 2 aromatic rings. The number of nitrogens with zero attached hydrogens (tertiary/aromatic N) is 1.